The van der Waals surface area contributed by atoms with Crippen molar-refractivity contribution in [2.75, 3.05) is 0 Å². The van der Waals surface area contributed by atoms with Gasteiger partial charge in [0.25, 0.3) is 0 Å². The summed E-state index contributed by atoms with van der Waals surface area (Å²) in [6.07, 6.45) is 5.66. The third-order valence-electron chi connectivity index (χ3n) is 3.44. The molecule has 88 valence electrons. The van der Waals surface area contributed by atoms with Gasteiger partial charge in [-0.05, 0) is 25.7 Å². The monoisotopic (exact) mass is 233 g/mol. The molecular weight excluding hydrogens is 214 g/mol. The maximum atomic E-state index is 11.9. The highest BCUT2D eigenvalue weighted by molar-refractivity contribution is 7.90. The van der Waals surface area contributed by atoms with Crippen LogP contribution in [-0.2, 0) is 10.0 Å². The van der Waals surface area contributed by atoms with Crippen molar-refractivity contribution in [3.8, 4) is 0 Å². The molecule has 0 bridgehead atoms. The van der Waals surface area contributed by atoms with E-state index in [0.29, 0.717) is 12.8 Å². The first-order valence-corrected chi connectivity index (χ1v) is 7.32. The smallest absolute Gasteiger partial charge is 0.214 e. The van der Waals surface area contributed by atoms with Crippen LogP contribution in [0.2, 0.25) is 0 Å². The summed E-state index contributed by atoms with van der Waals surface area (Å²) >= 11 is 0. The molecular formula is C10H19NO3S. The molecule has 2 rings (SSSR count). The molecule has 15 heavy (non-hydrogen) atoms. The number of nitrogens with one attached hydrogen (secondary N) is 1. The summed E-state index contributed by atoms with van der Waals surface area (Å²) in [5, 5.41) is 8.90. The van der Waals surface area contributed by atoms with E-state index in [0.717, 1.165) is 32.1 Å². The van der Waals surface area contributed by atoms with Gasteiger partial charge in [0, 0.05) is 6.04 Å². The fourth-order valence-corrected chi connectivity index (χ4v) is 4.19. The number of sulfonamides is 1. The topological polar surface area (TPSA) is 66.4 Å². The quantitative estimate of drug-likeness (QED) is 0.756. The van der Waals surface area contributed by atoms with Gasteiger partial charge in [-0.1, -0.05) is 19.3 Å². The maximum absolute atomic E-state index is 11.9. The van der Waals surface area contributed by atoms with Crippen LogP contribution in [0.15, 0.2) is 0 Å². The van der Waals surface area contributed by atoms with E-state index in [1.54, 1.807) is 0 Å². The Hall–Kier alpha value is -0.130. The molecule has 5 heteroatoms. The van der Waals surface area contributed by atoms with Crippen molar-refractivity contribution in [1.82, 2.24) is 4.72 Å². The molecule has 0 amide bonds. The van der Waals surface area contributed by atoms with Crippen molar-refractivity contribution in [3.63, 3.8) is 0 Å². The number of rotatable bonds is 3. The minimum Gasteiger partial charge on any atom is -0.393 e. The van der Waals surface area contributed by atoms with Gasteiger partial charge in [-0.3, -0.25) is 0 Å². The van der Waals surface area contributed by atoms with Gasteiger partial charge in [0.2, 0.25) is 10.0 Å². The van der Waals surface area contributed by atoms with Crippen LogP contribution in [0.1, 0.15) is 44.9 Å². The Kier molecular flexibility index (Phi) is 3.33. The van der Waals surface area contributed by atoms with E-state index in [1.807, 2.05) is 0 Å². The second-order valence-electron chi connectivity index (χ2n) is 4.75. The van der Waals surface area contributed by atoms with E-state index >= 15 is 0 Å². The van der Waals surface area contributed by atoms with E-state index in [9.17, 15) is 8.42 Å². The molecule has 2 saturated carbocycles. The zero-order valence-electron chi connectivity index (χ0n) is 8.85. The normalized spacial score (nSPS) is 33.7. The molecule has 0 unspecified atom stereocenters. The van der Waals surface area contributed by atoms with E-state index < -0.39 is 10.0 Å². The third-order valence-corrected chi connectivity index (χ3v) is 5.45. The molecule has 0 aromatic rings. The van der Waals surface area contributed by atoms with Crippen molar-refractivity contribution >= 4 is 10.0 Å². The number of aliphatic hydroxyl groups is 1. The number of hydrogen-bond acceptors (Lipinski definition) is 3. The van der Waals surface area contributed by atoms with Gasteiger partial charge in [0.05, 0.1) is 11.4 Å². The summed E-state index contributed by atoms with van der Waals surface area (Å²) in [5.41, 5.74) is 0. The molecule has 0 radical (unpaired) electrons. The van der Waals surface area contributed by atoms with Crippen LogP contribution in [0.5, 0.6) is 0 Å². The molecule has 0 aromatic heterocycles. The Bertz CT molecular complexity index is 303. The molecule has 0 atom stereocenters. The summed E-state index contributed by atoms with van der Waals surface area (Å²) in [6.45, 7) is 0. The van der Waals surface area contributed by atoms with Crippen LogP contribution >= 0.6 is 0 Å². The lowest BCUT2D eigenvalue weighted by atomic mass is 9.91. The maximum Gasteiger partial charge on any atom is 0.214 e. The molecule has 0 heterocycles. The fraction of sp³-hybridized carbons (Fsp3) is 1.00. The molecule has 2 fully saturated rings. The van der Waals surface area contributed by atoms with Crippen LogP contribution in [0.25, 0.3) is 0 Å². The van der Waals surface area contributed by atoms with E-state index in [4.69, 9.17) is 5.11 Å². The van der Waals surface area contributed by atoms with Crippen LogP contribution in [0.4, 0.5) is 0 Å². The van der Waals surface area contributed by atoms with Crippen molar-refractivity contribution in [1.29, 1.82) is 0 Å². The van der Waals surface area contributed by atoms with Gasteiger partial charge in [-0.25, -0.2) is 13.1 Å². The first-order valence-electron chi connectivity index (χ1n) is 5.77. The Balaban J connectivity index is 1.88. The lowest BCUT2D eigenvalue weighted by molar-refractivity contribution is 0.0710. The van der Waals surface area contributed by atoms with Crippen LogP contribution in [0.3, 0.4) is 0 Å². The summed E-state index contributed by atoms with van der Waals surface area (Å²) < 4.78 is 26.5. The van der Waals surface area contributed by atoms with Gasteiger partial charge in [-0.15, -0.1) is 0 Å². The van der Waals surface area contributed by atoms with Gasteiger partial charge in [0.1, 0.15) is 0 Å². The lowest BCUT2D eigenvalue weighted by Crippen LogP contribution is -2.49. The average molecular weight is 233 g/mol. The average Bonchev–Trinajstić information content (AvgIpc) is 2.17. The predicted octanol–water partition coefficient (Wildman–Crippen LogP) is 0.762. The molecule has 0 saturated heterocycles. The molecule has 4 nitrogen and oxygen atoms in total. The van der Waals surface area contributed by atoms with Crippen molar-refractivity contribution in [2.45, 2.75) is 62.3 Å². The minimum atomic E-state index is -3.13. The SMILES string of the molecule is O=S(=O)(NC1CC(O)C1)C1CCCCC1. The van der Waals surface area contributed by atoms with Gasteiger partial charge >= 0.3 is 0 Å². The van der Waals surface area contributed by atoms with Crippen LogP contribution < -0.4 is 4.72 Å². The summed E-state index contributed by atoms with van der Waals surface area (Å²) in [7, 11) is -3.13. The first-order chi connectivity index (χ1) is 7.08. The van der Waals surface area contributed by atoms with Crippen molar-refractivity contribution in [3.05, 3.63) is 0 Å². The lowest BCUT2D eigenvalue weighted by Gasteiger charge is -2.33. The predicted molar refractivity (Wildman–Crippen MR) is 58.0 cm³/mol. The molecule has 0 aliphatic heterocycles. The van der Waals surface area contributed by atoms with Crippen LogP contribution in [-0.4, -0.2) is 30.9 Å². The Morgan fingerprint density at radius 3 is 2.20 bits per heavy atom. The second-order valence-corrected chi connectivity index (χ2v) is 6.74. The summed E-state index contributed by atoms with van der Waals surface area (Å²) in [4.78, 5) is 0. The molecule has 2 aliphatic carbocycles. The third kappa shape index (κ3) is 2.71. The number of aliphatic hydroxyl groups excluding tert-OH is 1. The first kappa shape index (κ1) is 11.4. The molecule has 2 N–H and O–H groups in total. The fourth-order valence-electron chi connectivity index (χ4n) is 2.39. The molecule has 0 aromatic carbocycles. The zero-order valence-corrected chi connectivity index (χ0v) is 9.67. The van der Waals surface area contributed by atoms with E-state index in [2.05, 4.69) is 4.72 Å². The van der Waals surface area contributed by atoms with Crippen molar-refractivity contribution < 1.29 is 13.5 Å². The Morgan fingerprint density at radius 2 is 1.67 bits per heavy atom. The Labute approximate surface area is 91.1 Å². The van der Waals surface area contributed by atoms with E-state index in [1.165, 1.54) is 0 Å². The zero-order chi connectivity index (χ0) is 10.9. The highest BCUT2D eigenvalue weighted by Crippen LogP contribution is 2.26. The van der Waals surface area contributed by atoms with Crippen LogP contribution in [0, 0.1) is 0 Å². The largest absolute Gasteiger partial charge is 0.393 e. The van der Waals surface area contributed by atoms with Gasteiger partial charge < -0.3 is 5.11 Å². The molecule has 0 spiro atoms. The molecule has 2 aliphatic rings. The standard InChI is InChI=1S/C10H19NO3S/c12-9-6-8(7-9)11-15(13,14)10-4-2-1-3-5-10/h8-12H,1-7H2. The van der Waals surface area contributed by atoms with E-state index in [-0.39, 0.29) is 17.4 Å². The number of hydrogen-bond donors (Lipinski definition) is 2. The minimum absolute atomic E-state index is 0.0214. The summed E-state index contributed by atoms with van der Waals surface area (Å²) in [5.74, 6) is 0. The summed E-state index contributed by atoms with van der Waals surface area (Å²) in [6, 6.07) is -0.0214. The Morgan fingerprint density at radius 1 is 1.07 bits per heavy atom. The highest BCUT2D eigenvalue weighted by Gasteiger charge is 2.34. The second kappa shape index (κ2) is 4.39. The van der Waals surface area contributed by atoms with Crippen molar-refractivity contribution in [2.24, 2.45) is 0 Å². The highest BCUT2D eigenvalue weighted by atomic mass is 32.2. The van der Waals surface area contributed by atoms with Gasteiger partial charge in [0.15, 0.2) is 0 Å². The van der Waals surface area contributed by atoms with Gasteiger partial charge in [-0.2, -0.15) is 0 Å².